The van der Waals surface area contributed by atoms with Crippen molar-refractivity contribution in [2.45, 2.75) is 92.6 Å². The summed E-state index contributed by atoms with van der Waals surface area (Å²) in [5.74, 6) is -0.656. The smallest absolute Gasteiger partial charge is 0.433 e. The Morgan fingerprint density at radius 1 is 1.10 bits per heavy atom. The molecule has 0 saturated heterocycles. The van der Waals surface area contributed by atoms with Gasteiger partial charge in [0.05, 0.1) is 12.7 Å². The molecule has 1 heterocycles. The van der Waals surface area contributed by atoms with Crippen molar-refractivity contribution >= 4 is 31.2 Å². The molecule has 0 aliphatic heterocycles. The van der Waals surface area contributed by atoms with Gasteiger partial charge in [-0.2, -0.15) is 0 Å². The van der Waals surface area contributed by atoms with Crippen molar-refractivity contribution in [2.75, 3.05) is 25.6 Å². The third-order valence-corrected chi connectivity index (χ3v) is 8.44. The summed E-state index contributed by atoms with van der Waals surface area (Å²) >= 11 is 5.83. The average Bonchev–Trinajstić information content (AvgIpc) is 3.34. The number of alkyl halides is 1. The van der Waals surface area contributed by atoms with Gasteiger partial charge in [0.1, 0.15) is 17.3 Å². The van der Waals surface area contributed by atoms with E-state index < -0.39 is 24.5 Å². The standard InChI is InChI=1S/C28H46ClN2O8P/c1-23(2)12-11-13-24(28(3,4)5)17-21-37-40(36,38-22-25-15-16-26(39-25)31(34)35)30(19-9-6-8-18-29)20-10-7-14-27(32)33/h12,15-17H,6-11,13-14,18-22H2,1-5H3,(H,32,33)/b24-17-. The van der Waals surface area contributed by atoms with E-state index in [0.717, 1.165) is 31.3 Å². The summed E-state index contributed by atoms with van der Waals surface area (Å²) in [5.41, 5.74) is 2.29. The molecule has 0 bridgehead atoms. The minimum absolute atomic E-state index is 0.00548. The number of unbranched alkanes of at least 4 members (excludes halogenated alkanes) is 3. The first-order valence-corrected chi connectivity index (χ1v) is 15.8. The first-order valence-electron chi connectivity index (χ1n) is 13.8. The number of carbonyl (C=O) groups is 1. The van der Waals surface area contributed by atoms with Gasteiger partial charge in [-0.25, -0.2) is 9.24 Å². The van der Waals surface area contributed by atoms with Crippen LogP contribution in [0.1, 0.15) is 91.7 Å². The molecule has 0 aliphatic carbocycles. The molecule has 12 heteroatoms. The van der Waals surface area contributed by atoms with Gasteiger partial charge in [0, 0.05) is 25.4 Å². The van der Waals surface area contributed by atoms with E-state index in [1.54, 1.807) is 4.67 Å². The second-order valence-corrected chi connectivity index (χ2v) is 13.3. The van der Waals surface area contributed by atoms with E-state index in [9.17, 15) is 19.5 Å². The van der Waals surface area contributed by atoms with Crippen LogP contribution in [0.4, 0.5) is 5.88 Å². The molecule has 0 fully saturated rings. The molecule has 40 heavy (non-hydrogen) atoms. The van der Waals surface area contributed by atoms with Crippen LogP contribution in [0.15, 0.2) is 39.8 Å². The monoisotopic (exact) mass is 604 g/mol. The summed E-state index contributed by atoms with van der Waals surface area (Å²) in [7, 11) is -3.91. The van der Waals surface area contributed by atoms with Crippen LogP contribution in [0.5, 0.6) is 0 Å². The number of halogens is 1. The van der Waals surface area contributed by atoms with Gasteiger partial charge in [0.15, 0.2) is 0 Å². The molecule has 0 aliphatic rings. The van der Waals surface area contributed by atoms with E-state index in [1.807, 2.05) is 6.08 Å². The highest BCUT2D eigenvalue weighted by atomic mass is 35.5. The van der Waals surface area contributed by atoms with E-state index in [0.29, 0.717) is 38.2 Å². The largest absolute Gasteiger partial charge is 0.481 e. The molecule has 0 radical (unpaired) electrons. The second kappa shape index (κ2) is 18.5. The molecule has 0 amide bonds. The Morgan fingerprint density at radius 2 is 1.77 bits per heavy atom. The van der Waals surface area contributed by atoms with Crippen LogP contribution in [0.25, 0.3) is 0 Å². The summed E-state index contributed by atoms with van der Waals surface area (Å²) in [6.45, 7) is 10.9. The lowest BCUT2D eigenvalue weighted by molar-refractivity contribution is -0.402. The Labute approximate surface area is 243 Å². The van der Waals surface area contributed by atoms with E-state index in [2.05, 4.69) is 40.7 Å². The fraction of sp³-hybridized carbons (Fsp3) is 0.679. The zero-order valence-electron chi connectivity index (χ0n) is 24.5. The van der Waals surface area contributed by atoms with Gasteiger partial charge in [0.2, 0.25) is 0 Å². The van der Waals surface area contributed by atoms with Crippen molar-refractivity contribution in [1.29, 1.82) is 0 Å². The Kier molecular flexibility index (Phi) is 16.6. The van der Waals surface area contributed by atoms with Crippen molar-refractivity contribution in [3.8, 4) is 0 Å². The fourth-order valence-corrected chi connectivity index (χ4v) is 5.83. The molecule has 0 saturated carbocycles. The quantitative estimate of drug-likeness (QED) is 0.0366. The minimum Gasteiger partial charge on any atom is -0.481 e. The molecule has 228 valence electrons. The molecule has 1 rings (SSSR count). The van der Waals surface area contributed by atoms with Crippen molar-refractivity contribution in [2.24, 2.45) is 5.41 Å². The van der Waals surface area contributed by atoms with Crippen LogP contribution >= 0.6 is 19.3 Å². The first-order chi connectivity index (χ1) is 18.8. The lowest BCUT2D eigenvalue weighted by Gasteiger charge is -2.30. The predicted octanol–water partition coefficient (Wildman–Crippen LogP) is 8.51. The number of furan rings is 1. The maximum absolute atomic E-state index is 14.3. The first kappa shape index (κ1) is 36.1. The van der Waals surface area contributed by atoms with Crippen molar-refractivity contribution in [1.82, 2.24) is 4.67 Å². The Bertz CT molecular complexity index is 1030. The third-order valence-electron chi connectivity index (χ3n) is 6.15. The number of carboxylic acids is 1. The third kappa shape index (κ3) is 14.6. The Balaban J connectivity index is 3.19. The summed E-state index contributed by atoms with van der Waals surface area (Å²) in [6, 6.07) is 2.62. The van der Waals surface area contributed by atoms with Crippen molar-refractivity contribution in [3.63, 3.8) is 0 Å². The normalized spacial score (nSPS) is 13.8. The topological polar surface area (TPSA) is 132 Å². The maximum atomic E-state index is 14.3. The molecule has 0 spiro atoms. The minimum atomic E-state index is -3.91. The molecular weight excluding hydrogens is 559 g/mol. The SMILES string of the molecule is CC(C)=CCC/C(=C/COP(=O)(OCc1ccc([N+](=O)[O-])o1)N(CCCCCCl)CCCCC(=O)O)C(C)(C)C. The van der Waals surface area contributed by atoms with Gasteiger partial charge in [-0.3, -0.25) is 24.0 Å². The van der Waals surface area contributed by atoms with Gasteiger partial charge in [-0.05, 0) is 63.9 Å². The number of nitrogens with zero attached hydrogens (tertiary/aromatic N) is 2. The van der Waals surface area contributed by atoms with Crippen LogP contribution in [0, 0.1) is 15.5 Å². The number of rotatable bonds is 21. The zero-order valence-corrected chi connectivity index (χ0v) is 26.2. The molecule has 10 nitrogen and oxygen atoms in total. The number of hydrogen-bond acceptors (Lipinski definition) is 7. The summed E-state index contributed by atoms with van der Waals surface area (Å²) < 4.78 is 33.0. The number of allylic oxidation sites excluding steroid dienone is 3. The van der Waals surface area contributed by atoms with Crippen LogP contribution < -0.4 is 0 Å². The summed E-state index contributed by atoms with van der Waals surface area (Å²) in [6.07, 6.45) is 9.06. The second-order valence-electron chi connectivity index (χ2n) is 10.9. The van der Waals surface area contributed by atoms with Crippen LogP contribution in [-0.2, 0) is 25.0 Å². The lowest BCUT2D eigenvalue weighted by Crippen LogP contribution is -2.26. The fourth-order valence-electron chi connectivity index (χ4n) is 3.91. The van der Waals surface area contributed by atoms with Crippen LogP contribution in [0.2, 0.25) is 0 Å². The highest BCUT2D eigenvalue weighted by molar-refractivity contribution is 7.51. The molecule has 1 aromatic heterocycles. The molecule has 1 atom stereocenters. The van der Waals surface area contributed by atoms with Crippen molar-refractivity contribution in [3.05, 3.63) is 51.3 Å². The van der Waals surface area contributed by atoms with Gasteiger partial charge in [0.25, 0.3) is 0 Å². The predicted molar refractivity (Wildman–Crippen MR) is 158 cm³/mol. The van der Waals surface area contributed by atoms with Gasteiger partial charge >= 0.3 is 19.6 Å². The molecule has 1 aromatic rings. The summed E-state index contributed by atoms with van der Waals surface area (Å²) in [5, 5.41) is 20.0. The zero-order chi connectivity index (χ0) is 30.2. The number of carboxylic acid groups (broad SMARTS) is 1. The Morgan fingerprint density at radius 3 is 2.33 bits per heavy atom. The number of aliphatic carboxylic acids is 1. The highest BCUT2D eigenvalue weighted by Gasteiger charge is 2.34. The van der Waals surface area contributed by atoms with Crippen LogP contribution in [0.3, 0.4) is 0 Å². The number of nitro groups is 1. The summed E-state index contributed by atoms with van der Waals surface area (Å²) in [4.78, 5) is 21.4. The molecule has 1 unspecified atom stereocenters. The molecule has 1 N–H and O–H groups in total. The number of hydrogen-bond donors (Lipinski definition) is 1. The van der Waals surface area contributed by atoms with Gasteiger partial charge in [-0.15, -0.1) is 11.6 Å². The maximum Gasteiger partial charge on any atom is 0.433 e. The van der Waals surface area contributed by atoms with E-state index in [4.69, 9.17) is 30.2 Å². The van der Waals surface area contributed by atoms with E-state index >= 15 is 0 Å². The molecule has 0 aromatic carbocycles. The van der Waals surface area contributed by atoms with Crippen LogP contribution in [-0.4, -0.2) is 46.2 Å². The average molecular weight is 605 g/mol. The lowest BCUT2D eigenvalue weighted by atomic mass is 9.83. The molecular formula is C28H46ClN2O8P. The van der Waals surface area contributed by atoms with Gasteiger partial charge in [-0.1, -0.05) is 50.5 Å². The van der Waals surface area contributed by atoms with Gasteiger partial charge < -0.3 is 9.52 Å². The Hall–Kier alpha value is -1.97. The van der Waals surface area contributed by atoms with E-state index in [1.165, 1.54) is 17.7 Å². The highest BCUT2D eigenvalue weighted by Crippen LogP contribution is 2.53. The van der Waals surface area contributed by atoms with E-state index in [-0.39, 0.29) is 30.8 Å². The van der Waals surface area contributed by atoms with Crippen molar-refractivity contribution < 1.29 is 32.9 Å².